The number of rotatable bonds is 6. The number of aromatic nitrogens is 2. The highest BCUT2D eigenvalue weighted by atomic mass is 35.5. The lowest BCUT2D eigenvalue weighted by Crippen LogP contribution is -2.01. The van der Waals surface area contributed by atoms with Crippen molar-refractivity contribution in [3.63, 3.8) is 0 Å². The Labute approximate surface area is 185 Å². The summed E-state index contributed by atoms with van der Waals surface area (Å²) in [7, 11) is 4.73. The number of para-hydroxylation sites is 1. The number of fused-ring (bicyclic) bond motifs is 1. The van der Waals surface area contributed by atoms with Gasteiger partial charge in [-0.2, -0.15) is 0 Å². The maximum Gasteiger partial charge on any atom is 0.203 e. The van der Waals surface area contributed by atoms with Crippen LogP contribution in [0.5, 0.6) is 17.2 Å². The van der Waals surface area contributed by atoms with Gasteiger partial charge in [0, 0.05) is 21.7 Å². The molecule has 1 N–H and O–H groups in total. The number of ether oxygens (including phenoxy) is 3. The van der Waals surface area contributed by atoms with Gasteiger partial charge >= 0.3 is 0 Å². The number of halogens is 1. The molecule has 6 nitrogen and oxygen atoms in total. The zero-order chi connectivity index (χ0) is 22.0. The second kappa shape index (κ2) is 8.70. The number of nitrogens with zero attached hydrogens (tertiary/aromatic N) is 2. The minimum absolute atomic E-state index is 0.516. The van der Waals surface area contributed by atoms with Crippen molar-refractivity contribution in [3.8, 4) is 28.6 Å². The molecule has 0 atom stereocenters. The second-order valence-electron chi connectivity index (χ2n) is 6.91. The molecule has 1 aromatic heterocycles. The van der Waals surface area contributed by atoms with Gasteiger partial charge in [0.1, 0.15) is 5.82 Å². The van der Waals surface area contributed by atoms with Gasteiger partial charge in [0.15, 0.2) is 17.3 Å². The summed E-state index contributed by atoms with van der Waals surface area (Å²) in [6.07, 6.45) is 0. The standard InChI is InChI=1S/C24H22ClN3O3/c1-14-9-10-16(25)13-19(14)27-24-17-7-5-6-8-18(17)26-23(28-24)15-11-20(29-2)22(31-4)21(12-15)30-3/h5-13H,1-4H3,(H,26,27,28). The van der Waals surface area contributed by atoms with Gasteiger partial charge in [-0.1, -0.05) is 29.8 Å². The predicted molar refractivity (Wildman–Crippen MR) is 124 cm³/mol. The van der Waals surface area contributed by atoms with E-state index in [1.807, 2.05) is 61.5 Å². The number of benzene rings is 3. The Morgan fingerprint density at radius 2 is 1.55 bits per heavy atom. The highest BCUT2D eigenvalue weighted by Crippen LogP contribution is 2.41. The summed E-state index contributed by atoms with van der Waals surface area (Å²) >= 11 is 6.21. The third kappa shape index (κ3) is 4.07. The zero-order valence-corrected chi connectivity index (χ0v) is 18.4. The molecule has 0 spiro atoms. The third-order valence-electron chi connectivity index (χ3n) is 4.98. The van der Waals surface area contributed by atoms with Crippen LogP contribution in [0.15, 0.2) is 54.6 Å². The molecule has 31 heavy (non-hydrogen) atoms. The maximum atomic E-state index is 6.21. The third-order valence-corrected chi connectivity index (χ3v) is 5.21. The number of methoxy groups -OCH3 is 3. The van der Waals surface area contributed by atoms with Gasteiger partial charge in [0.05, 0.1) is 26.8 Å². The minimum atomic E-state index is 0.516. The van der Waals surface area contributed by atoms with E-state index >= 15 is 0 Å². The molecule has 0 aliphatic rings. The molecule has 0 bridgehead atoms. The topological polar surface area (TPSA) is 65.5 Å². The summed E-state index contributed by atoms with van der Waals surface area (Å²) in [4.78, 5) is 9.59. The van der Waals surface area contributed by atoms with Crippen LogP contribution in [0.4, 0.5) is 11.5 Å². The van der Waals surface area contributed by atoms with Crippen LogP contribution in [-0.4, -0.2) is 31.3 Å². The molecular formula is C24H22ClN3O3. The van der Waals surface area contributed by atoms with Gasteiger partial charge in [0.25, 0.3) is 0 Å². The molecule has 0 saturated heterocycles. The van der Waals surface area contributed by atoms with Gasteiger partial charge in [0.2, 0.25) is 5.75 Å². The van der Waals surface area contributed by atoms with Crippen molar-refractivity contribution >= 4 is 34.0 Å². The molecule has 0 aliphatic heterocycles. The van der Waals surface area contributed by atoms with Crippen molar-refractivity contribution in [2.24, 2.45) is 0 Å². The maximum absolute atomic E-state index is 6.21. The van der Waals surface area contributed by atoms with Gasteiger partial charge in [-0.25, -0.2) is 9.97 Å². The van der Waals surface area contributed by atoms with E-state index in [1.54, 1.807) is 21.3 Å². The van der Waals surface area contributed by atoms with Crippen LogP contribution in [0.2, 0.25) is 5.02 Å². The first kappa shape index (κ1) is 20.8. The zero-order valence-electron chi connectivity index (χ0n) is 17.7. The smallest absolute Gasteiger partial charge is 0.203 e. The monoisotopic (exact) mass is 435 g/mol. The van der Waals surface area contributed by atoms with Crippen LogP contribution >= 0.6 is 11.6 Å². The Hall–Kier alpha value is -3.51. The van der Waals surface area contributed by atoms with E-state index in [0.717, 1.165) is 27.7 Å². The van der Waals surface area contributed by atoms with E-state index in [1.165, 1.54) is 0 Å². The summed E-state index contributed by atoms with van der Waals surface area (Å²) in [5, 5.41) is 4.97. The summed E-state index contributed by atoms with van der Waals surface area (Å²) in [6, 6.07) is 17.2. The van der Waals surface area contributed by atoms with Crippen LogP contribution in [0.3, 0.4) is 0 Å². The molecule has 1 heterocycles. The largest absolute Gasteiger partial charge is 0.493 e. The quantitative estimate of drug-likeness (QED) is 0.399. The Morgan fingerprint density at radius 1 is 0.839 bits per heavy atom. The SMILES string of the molecule is COc1cc(-c2nc(Nc3cc(Cl)ccc3C)c3ccccc3n2)cc(OC)c1OC. The number of anilines is 2. The van der Waals surface area contributed by atoms with Crippen molar-refractivity contribution in [1.29, 1.82) is 0 Å². The first-order valence-corrected chi connectivity index (χ1v) is 10.0. The van der Waals surface area contributed by atoms with E-state index in [2.05, 4.69) is 5.32 Å². The van der Waals surface area contributed by atoms with Gasteiger partial charge < -0.3 is 19.5 Å². The fourth-order valence-corrected chi connectivity index (χ4v) is 3.54. The highest BCUT2D eigenvalue weighted by Gasteiger charge is 2.17. The molecule has 0 saturated carbocycles. The fourth-order valence-electron chi connectivity index (χ4n) is 3.37. The normalized spacial score (nSPS) is 10.7. The van der Waals surface area contributed by atoms with Crippen LogP contribution in [0.25, 0.3) is 22.3 Å². The van der Waals surface area contributed by atoms with Crippen LogP contribution in [-0.2, 0) is 0 Å². The molecule has 0 fully saturated rings. The molecule has 7 heteroatoms. The molecule has 0 aliphatic carbocycles. The highest BCUT2D eigenvalue weighted by molar-refractivity contribution is 6.30. The van der Waals surface area contributed by atoms with Gasteiger partial charge in [-0.3, -0.25) is 0 Å². The summed E-state index contributed by atoms with van der Waals surface area (Å²) in [5.41, 5.74) is 3.49. The Balaban J connectivity index is 1.90. The predicted octanol–water partition coefficient (Wildman–Crippen LogP) is 6.03. The van der Waals surface area contributed by atoms with E-state index in [4.69, 9.17) is 35.8 Å². The van der Waals surface area contributed by atoms with Crippen LogP contribution in [0.1, 0.15) is 5.56 Å². The second-order valence-corrected chi connectivity index (χ2v) is 7.35. The molecule has 0 radical (unpaired) electrons. The number of nitrogens with one attached hydrogen (secondary N) is 1. The first-order valence-electron chi connectivity index (χ1n) is 9.64. The fraction of sp³-hybridized carbons (Fsp3) is 0.167. The molecule has 4 rings (SSSR count). The lowest BCUT2D eigenvalue weighted by Gasteiger charge is -2.15. The van der Waals surface area contributed by atoms with E-state index in [9.17, 15) is 0 Å². The summed E-state index contributed by atoms with van der Waals surface area (Å²) < 4.78 is 16.4. The molecular weight excluding hydrogens is 414 g/mol. The number of aryl methyl sites for hydroxylation is 1. The van der Waals surface area contributed by atoms with Gasteiger partial charge in [-0.05, 0) is 48.9 Å². The lowest BCUT2D eigenvalue weighted by molar-refractivity contribution is 0.324. The molecule has 0 amide bonds. The summed E-state index contributed by atoms with van der Waals surface area (Å²) in [6.45, 7) is 2.02. The Morgan fingerprint density at radius 3 is 2.23 bits per heavy atom. The van der Waals surface area contributed by atoms with E-state index in [-0.39, 0.29) is 0 Å². The number of hydrogen-bond acceptors (Lipinski definition) is 6. The molecule has 158 valence electrons. The van der Waals surface area contributed by atoms with E-state index in [0.29, 0.717) is 33.9 Å². The van der Waals surface area contributed by atoms with Crippen molar-refractivity contribution in [2.45, 2.75) is 6.92 Å². The number of hydrogen-bond donors (Lipinski definition) is 1. The average molecular weight is 436 g/mol. The molecule has 0 unspecified atom stereocenters. The van der Waals surface area contributed by atoms with Crippen LogP contribution in [0, 0.1) is 6.92 Å². The minimum Gasteiger partial charge on any atom is -0.493 e. The molecule has 4 aromatic rings. The Kier molecular flexibility index (Phi) is 5.82. The van der Waals surface area contributed by atoms with Crippen LogP contribution < -0.4 is 19.5 Å². The van der Waals surface area contributed by atoms with Crippen molar-refractivity contribution in [2.75, 3.05) is 26.6 Å². The summed E-state index contributed by atoms with van der Waals surface area (Å²) in [5.74, 6) is 2.80. The lowest BCUT2D eigenvalue weighted by atomic mass is 10.1. The average Bonchev–Trinajstić information content (AvgIpc) is 2.80. The first-order chi connectivity index (χ1) is 15.0. The van der Waals surface area contributed by atoms with Crippen molar-refractivity contribution in [1.82, 2.24) is 9.97 Å². The Bertz CT molecular complexity index is 1240. The van der Waals surface area contributed by atoms with E-state index < -0.39 is 0 Å². The van der Waals surface area contributed by atoms with Crippen molar-refractivity contribution in [3.05, 3.63) is 65.2 Å². The van der Waals surface area contributed by atoms with Gasteiger partial charge in [-0.15, -0.1) is 0 Å². The molecule has 3 aromatic carbocycles. The van der Waals surface area contributed by atoms with Crippen molar-refractivity contribution < 1.29 is 14.2 Å².